The second-order valence-electron chi connectivity index (χ2n) is 9.30. The minimum absolute atomic E-state index is 0.0630. The molecule has 0 saturated heterocycles. The van der Waals surface area contributed by atoms with Gasteiger partial charge in [-0.05, 0) is 90.6 Å². The molecule has 1 nitrogen and oxygen atoms in total. The Morgan fingerprint density at radius 3 is 1.78 bits per heavy atom. The number of hydrogen-bond acceptors (Lipinski definition) is 1. The molecule has 1 aliphatic carbocycles. The van der Waals surface area contributed by atoms with Crippen LogP contribution in [0.5, 0.6) is 5.75 Å². The van der Waals surface area contributed by atoms with Gasteiger partial charge in [-0.3, -0.25) is 0 Å². The second-order valence-corrected chi connectivity index (χ2v) is 9.30. The molecule has 192 valence electrons. The average Bonchev–Trinajstić information content (AvgIpc) is 2.82. The molecule has 0 atom stereocenters. The van der Waals surface area contributed by atoms with E-state index in [1.54, 1.807) is 0 Å². The fourth-order valence-corrected chi connectivity index (χ4v) is 4.99. The molecule has 8 heteroatoms. The number of halogens is 7. The van der Waals surface area contributed by atoms with E-state index in [9.17, 15) is 30.7 Å². The molecular formula is C28H25F7O. The summed E-state index contributed by atoms with van der Waals surface area (Å²) in [6.07, 6.45) is 6.02. The molecule has 0 bridgehead atoms. The van der Waals surface area contributed by atoms with Crippen molar-refractivity contribution in [3.63, 3.8) is 0 Å². The lowest BCUT2D eigenvalue weighted by Crippen LogP contribution is -2.14. The predicted molar refractivity (Wildman–Crippen MR) is 122 cm³/mol. The van der Waals surface area contributed by atoms with Crippen LogP contribution in [0.25, 0.3) is 11.1 Å². The Kier molecular flexibility index (Phi) is 7.91. The van der Waals surface area contributed by atoms with Crippen molar-refractivity contribution >= 4 is 0 Å². The summed E-state index contributed by atoms with van der Waals surface area (Å²) in [6.45, 7) is 1.58. The van der Waals surface area contributed by atoms with Gasteiger partial charge in [0.2, 0.25) is 0 Å². The molecule has 0 unspecified atom stereocenters. The first-order valence-electron chi connectivity index (χ1n) is 11.9. The average molecular weight is 510 g/mol. The molecule has 0 spiro atoms. The van der Waals surface area contributed by atoms with Gasteiger partial charge >= 0.3 is 0 Å². The molecule has 0 amide bonds. The van der Waals surface area contributed by atoms with E-state index in [0.717, 1.165) is 50.7 Å². The Labute approximate surface area is 204 Å². The molecule has 1 fully saturated rings. The molecule has 4 rings (SSSR count). The van der Waals surface area contributed by atoms with Crippen LogP contribution in [0.2, 0.25) is 0 Å². The van der Waals surface area contributed by atoms with E-state index in [2.05, 4.69) is 6.92 Å². The fraction of sp³-hybridized carbons (Fsp3) is 0.357. The van der Waals surface area contributed by atoms with Crippen molar-refractivity contribution in [2.45, 2.75) is 58.0 Å². The molecule has 36 heavy (non-hydrogen) atoms. The SMILES string of the molecule is CCCC1CCC(c2cc(F)c(OCc3cc(F)c(-c4cc(F)c(F)c(F)c4)c(F)c3)c(F)c2)CC1. The van der Waals surface area contributed by atoms with E-state index in [4.69, 9.17) is 4.74 Å². The first-order chi connectivity index (χ1) is 17.2. The fourth-order valence-electron chi connectivity index (χ4n) is 4.99. The van der Waals surface area contributed by atoms with E-state index in [1.165, 1.54) is 12.1 Å². The molecule has 3 aromatic carbocycles. The largest absolute Gasteiger partial charge is 0.483 e. The van der Waals surface area contributed by atoms with Gasteiger partial charge in [-0.2, -0.15) is 0 Å². The van der Waals surface area contributed by atoms with Gasteiger partial charge in [0.25, 0.3) is 0 Å². The zero-order chi connectivity index (χ0) is 26.0. The van der Waals surface area contributed by atoms with Crippen molar-refractivity contribution in [3.05, 3.63) is 88.2 Å². The van der Waals surface area contributed by atoms with Crippen LogP contribution in [0, 0.1) is 46.6 Å². The van der Waals surface area contributed by atoms with Crippen LogP contribution in [0.4, 0.5) is 30.7 Å². The molecule has 0 heterocycles. The first kappa shape index (κ1) is 26.0. The van der Waals surface area contributed by atoms with Crippen molar-refractivity contribution in [3.8, 4) is 16.9 Å². The Hall–Kier alpha value is -3.03. The number of ether oxygens (including phenoxy) is 1. The van der Waals surface area contributed by atoms with Gasteiger partial charge in [0.15, 0.2) is 34.8 Å². The van der Waals surface area contributed by atoms with Gasteiger partial charge in [-0.15, -0.1) is 0 Å². The van der Waals surface area contributed by atoms with Gasteiger partial charge in [-0.25, -0.2) is 30.7 Å². The second kappa shape index (κ2) is 10.9. The molecule has 1 aliphatic rings. The van der Waals surface area contributed by atoms with Gasteiger partial charge in [-0.1, -0.05) is 19.8 Å². The summed E-state index contributed by atoms with van der Waals surface area (Å²) in [5.74, 6) is -9.12. The van der Waals surface area contributed by atoms with Crippen LogP contribution in [-0.4, -0.2) is 0 Å². The molecule has 3 aromatic rings. The van der Waals surface area contributed by atoms with Crippen LogP contribution in [0.1, 0.15) is 62.5 Å². The van der Waals surface area contributed by atoms with Crippen molar-refractivity contribution in [1.29, 1.82) is 0 Å². The van der Waals surface area contributed by atoms with Crippen molar-refractivity contribution in [2.24, 2.45) is 5.92 Å². The molecule has 1 saturated carbocycles. The minimum atomic E-state index is -1.76. The third kappa shape index (κ3) is 5.52. The van der Waals surface area contributed by atoms with Crippen LogP contribution in [0.3, 0.4) is 0 Å². The van der Waals surface area contributed by atoms with Crippen LogP contribution in [0.15, 0.2) is 36.4 Å². The Balaban J connectivity index is 1.49. The van der Waals surface area contributed by atoms with Gasteiger partial charge in [0, 0.05) is 0 Å². The Morgan fingerprint density at radius 1 is 0.694 bits per heavy atom. The standard InChI is InChI=1S/C28H25F7O/c1-2-3-15-4-6-17(7-5-15)18-10-24(33)28(25(34)11-18)36-14-16-8-20(29)26(21(30)9-16)19-12-22(31)27(35)23(32)13-19/h8-13,15,17H,2-7,14H2,1H3. The lowest BCUT2D eigenvalue weighted by Gasteiger charge is -2.28. The van der Waals surface area contributed by atoms with E-state index >= 15 is 0 Å². The first-order valence-corrected chi connectivity index (χ1v) is 11.9. The lowest BCUT2D eigenvalue weighted by atomic mass is 9.77. The lowest BCUT2D eigenvalue weighted by molar-refractivity contribution is 0.271. The van der Waals surface area contributed by atoms with Crippen molar-refractivity contribution < 1.29 is 35.5 Å². The highest BCUT2D eigenvalue weighted by molar-refractivity contribution is 5.65. The number of rotatable bonds is 7. The monoisotopic (exact) mass is 510 g/mol. The maximum atomic E-state index is 14.7. The summed E-state index contributed by atoms with van der Waals surface area (Å²) in [6, 6.07) is 5.06. The summed E-state index contributed by atoms with van der Waals surface area (Å²) >= 11 is 0. The summed E-state index contributed by atoms with van der Waals surface area (Å²) in [7, 11) is 0. The van der Waals surface area contributed by atoms with Gasteiger partial charge < -0.3 is 4.74 Å². The molecule has 0 N–H and O–H groups in total. The summed E-state index contributed by atoms with van der Waals surface area (Å²) in [4.78, 5) is 0. The van der Waals surface area contributed by atoms with Crippen molar-refractivity contribution in [2.75, 3.05) is 0 Å². The normalized spacial score (nSPS) is 17.9. The summed E-state index contributed by atoms with van der Waals surface area (Å²) < 4.78 is 104. The molecule has 0 aliphatic heterocycles. The molecule has 0 aromatic heterocycles. The van der Waals surface area contributed by atoms with Crippen LogP contribution < -0.4 is 4.74 Å². The summed E-state index contributed by atoms with van der Waals surface area (Å²) in [5, 5.41) is 0. The minimum Gasteiger partial charge on any atom is -0.483 e. The zero-order valence-corrected chi connectivity index (χ0v) is 19.6. The Bertz CT molecular complexity index is 1180. The van der Waals surface area contributed by atoms with Crippen LogP contribution in [-0.2, 0) is 6.61 Å². The molecular weight excluding hydrogens is 485 g/mol. The Morgan fingerprint density at radius 2 is 1.25 bits per heavy atom. The maximum absolute atomic E-state index is 14.7. The van der Waals surface area contributed by atoms with E-state index in [0.29, 0.717) is 23.6 Å². The number of benzene rings is 3. The van der Waals surface area contributed by atoms with E-state index in [-0.39, 0.29) is 11.5 Å². The predicted octanol–water partition coefficient (Wildman–Crippen LogP) is 8.98. The molecule has 0 radical (unpaired) electrons. The highest BCUT2D eigenvalue weighted by atomic mass is 19.2. The highest BCUT2D eigenvalue weighted by Crippen LogP contribution is 2.39. The van der Waals surface area contributed by atoms with Crippen molar-refractivity contribution in [1.82, 2.24) is 0 Å². The third-order valence-electron chi connectivity index (χ3n) is 6.79. The quantitative estimate of drug-likeness (QED) is 0.228. The topological polar surface area (TPSA) is 9.23 Å². The summed E-state index contributed by atoms with van der Waals surface area (Å²) in [5.41, 5.74) is -0.848. The van der Waals surface area contributed by atoms with Gasteiger partial charge in [0.1, 0.15) is 18.2 Å². The smallest absolute Gasteiger partial charge is 0.194 e. The zero-order valence-electron chi connectivity index (χ0n) is 19.6. The van der Waals surface area contributed by atoms with Gasteiger partial charge in [0.05, 0.1) is 5.56 Å². The third-order valence-corrected chi connectivity index (χ3v) is 6.79. The van der Waals surface area contributed by atoms with Crippen LogP contribution >= 0.6 is 0 Å². The number of hydrogen-bond donors (Lipinski definition) is 0. The highest BCUT2D eigenvalue weighted by Gasteiger charge is 2.25. The van der Waals surface area contributed by atoms with E-state index < -0.39 is 64.2 Å². The maximum Gasteiger partial charge on any atom is 0.194 e. The van der Waals surface area contributed by atoms with E-state index in [1.807, 2.05) is 0 Å².